The van der Waals surface area contributed by atoms with E-state index in [2.05, 4.69) is 12.2 Å². The van der Waals surface area contributed by atoms with Crippen molar-refractivity contribution in [2.75, 3.05) is 13.6 Å². The molecule has 4 nitrogen and oxygen atoms in total. The largest absolute Gasteiger partial charge is 0.312 e. The van der Waals surface area contributed by atoms with Crippen molar-refractivity contribution in [2.45, 2.75) is 57.0 Å². The fourth-order valence-corrected chi connectivity index (χ4v) is 5.68. The van der Waals surface area contributed by atoms with Gasteiger partial charge in [-0.05, 0) is 49.6 Å². The summed E-state index contributed by atoms with van der Waals surface area (Å²) in [7, 11) is -1.63. The highest BCUT2D eigenvalue weighted by molar-refractivity contribution is 7.89. The average molecular weight is 331 g/mol. The molecule has 1 aliphatic carbocycles. The maximum absolute atomic E-state index is 12.9. The van der Waals surface area contributed by atoms with Crippen LogP contribution in [0.4, 0.5) is 0 Å². The minimum atomic E-state index is -3.37. The van der Waals surface area contributed by atoms with Gasteiger partial charge < -0.3 is 5.32 Å². The minimum absolute atomic E-state index is 0.151. The maximum Gasteiger partial charge on any atom is 0.244 e. The lowest BCUT2D eigenvalue weighted by atomic mass is 9.87. The van der Waals surface area contributed by atoms with Gasteiger partial charge in [-0.25, -0.2) is 8.42 Å². The third kappa shape index (κ3) is 3.86. The summed E-state index contributed by atoms with van der Waals surface area (Å²) in [6.07, 6.45) is 4.20. The molecule has 0 amide bonds. The number of nitrogens with zero attached hydrogens (tertiary/aromatic N) is 1. The van der Waals surface area contributed by atoms with E-state index in [0.29, 0.717) is 11.4 Å². The second kappa shape index (κ2) is 7.22. The van der Waals surface area contributed by atoms with Crippen molar-refractivity contribution in [1.29, 1.82) is 0 Å². The van der Waals surface area contributed by atoms with Gasteiger partial charge in [0.1, 0.15) is 0 Å². The molecule has 120 valence electrons. The van der Waals surface area contributed by atoms with Crippen LogP contribution in [0.15, 0.2) is 16.3 Å². The Morgan fingerprint density at radius 1 is 1.33 bits per heavy atom. The summed E-state index contributed by atoms with van der Waals surface area (Å²) in [6, 6.07) is 1.90. The van der Waals surface area contributed by atoms with E-state index in [1.807, 2.05) is 12.3 Å². The Morgan fingerprint density at radius 3 is 2.62 bits per heavy atom. The molecule has 1 N–H and O–H groups in total. The Balaban J connectivity index is 2.15. The SMILES string of the molecule is CCNCc1sccc1S(=O)(=O)N(C)C1CCC(C)CC1. The molecular formula is C15H26N2O2S2. The monoisotopic (exact) mass is 330 g/mol. The zero-order valence-corrected chi connectivity index (χ0v) is 14.8. The first-order chi connectivity index (χ1) is 9.96. The first-order valence-corrected chi connectivity index (χ1v) is 10.0. The van der Waals surface area contributed by atoms with Crippen molar-refractivity contribution in [2.24, 2.45) is 5.92 Å². The lowest BCUT2D eigenvalue weighted by Crippen LogP contribution is -2.39. The highest BCUT2D eigenvalue weighted by Gasteiger charge is 2.32. The molecule has 6 heteroatoms. The predicted molar refractivity (Wildman–Crippen MR) is 88.1 cm³/mol. The van der Waals surface area contributed by atoms with Crippen LogP contribution in [0.5, 0.6) is 0 Å². The number of hydrogen-bond donors (Lipinski definition) is 1. The molecule has 0 saturated heterocycles. The normalized spacial score (nSPS) is 23.6. The van der Waals surface area contributed by atoms with Crippen molar-refractivity contribution in [3.05, 3.63) is 16.3 Å². The molecule has 0 unspecified atom stereocenters. The summed E-state index contributed by atoms with van der Waals surface area (Å²) in [5, 5.41) is 5.09. The van der Waals surface area contributed by atoms with Gasteiger partial charge in [0, 0.05) is 24.5 Å². The zero-order valence-electron chi connectivity index (χ0n) is 13.1. The van der Waals surface area contributed by atoms with E-state index in [1.165, 1.54) is 11.3 Å². The third-order valence-corrected chi connectivity index (χ3v) is 7.44. The third-order valence-electron chi connectivity index (χ3n) is 4.40. The highest BCUT2D eigenvalue weighted by Crippen LogP contribution is 2.31. The van der Waals surface area contributed by atoms with E-state index < -0.39 is 10.0 Å². The second-order valence-electron chi connectivity index (χ2n) is 5.92. The summed E-state index contributed by atoms with van der Waals surface area (Å²) in [5.41, 5.74) is 0. The molecule has 2 rings (SSSR count). The first-order valence-electron chi connectivity index (χ1n) is 7.72. The highest BCUT2D eigenvalue weighted by atomic mass is 32.2. The van der Waals surface area contributed by atoms with Crippen molar-refractivity contribution in [1.82, 2.24) is 9.62 Å². The standard InChI is InChI=1S/C15H26N2O2S2/c1-4-16-11-14-15(9-10-20-14)21(18,19)17(3)13-7-5-12(2)6-8-13/h9-10,12-13,16H,4-8,11H2,1-3H3. The molecule has 1 aromatic heterocycles. The van der Waals surface area contributed by atoms with Gasteiger partial charge in [0.05, 0.1) is 4.90 Å². The molecule has 0 aromatic carbocycles. The number of rotatable bonds is 6. The van der Waals surface area contributed by atoms with Gasteiger partial charge in [-0.3, -0.25) is 0 Å². The van der Waals surface area contributed by atoms with E-state index in [4.69, 9.17) is 0 Å². The first kappa shape index (κ1) is 16.9. The van der Waals surface area contributed by atoms with Crippen molar-refractivity contribution < 1.29 is 8.42 Å². The molecule has 0 radical (unpaired) electrons. The van der Waals surface area contributed by atoms with E-state index in [-0.39, 0.29) is 6.04 Å². The summed E-state index contributed by atoms with van der Waals surface area (Å²) in [4.78, 5) is 1.39. The van der Waals surface area contributed by atoms with Crippen molar-refractivity contribution >= 4 is 21.4 Å². The van der Waals surface area contributed by atoms with E-state index >= 15 is 0 Å². The molecule has 1 fully saturated rings. The van der Waals surface area contributed by atoms with Crippen LogP contribution < -0.4 is 5.32 Å². The minimum Gasteiger partial charge on any atom is -0.312 e. The van der Waals surface area contributed by atoms with E-state index in [9.17, 15) is 8.42 Å². The summed E-state index contributed by atoms with van der Waals surface area (Å²) >= 11 is 1.51. The molecule has 0 aliphatic heterocycles. The van der Waals surface area contributed by atoms with E-state index in [1.54, 1.807) is 17.4 Å². The Labute approximate surface area is 132 Å². The number of nitrogens with one attached hydrogen (secondary N) is 1. The van der Waals surface area contributed by atoms with E-state index in [0.717, 1.165) is 43.0 Å². The number of hydrogen-bond acceptors (Lipinski definition) is 4. The molecule has 0 bridgehead atoms. The van der Waals surface area contributed by atoms with Crippen LogP contribution in [0.1, 0.15) is 44.4 Å². The van der Waals surface area contributed by atoms with Gasteiger partial charge in [0.2, 0.25) is 10.0 Å². The topological polar surface area (TPSA) is 49.4 Å². The molecule has 1 saturated carbocycles. The quantitative estimate of drug-likeness (QED) is 0.872. The number of thiophene rings is 1. The van der Waals surface area contributed by atoms with Gasteiger partial charge in [-0.2, -0.15) is 4.31 Å². The van der Waals surface area contributed by atoms with Crippen LogP contribution in [-0.4, -0.2) is 32.4 Å². The Morgan fingerprint density at radius 2 is 2.00 bits per heavy atom. The number of sulfonamides is 1. The van der Waals surface area contributed by atoms with Gasteiger partial charge in [0.25, 0.3) is 0 Å². The molecule has 0 atom stereocenters. The van der Waals surface area contributed by atoms with Crippen LogP contribution in [0.2, 0.25) is 0 Å². The lowest BCUT2D eigenvalue weighted by molar-refractivity contribution is 0.246. The molecular weight excluding hydrogens is 304 g/mol. The molecule has 21 heavy (non-hydrogen) atoms. The Hall–Kier alpha value is -0.430. The Bertz CT molecular complexity index is 546. The Kier molecular flexibility index (Phi) is 5.82. The zero-order chi connectivity index (χ0) is 15.5. The predicted octanol–water partition coefficient (Wildman–Crippen LogP) is 3.06. The van der Waals surface area contributed by atoms with Crippen LogP contribution in [0.3, 0.4) is 0 Å². The van der Waals surface area contributed by atoms with Crippen LogP contribution >= 0.6 is 11.3 Å². The van der Waals surface area contributed by atoms with Gasteiger partial charge in [0.15, 0.2) is 0 Å². The summed E-state index contributed by atoms with van der Waals surface area (Å²) in [5.74, 6) is 0.725. The van der Waals surface area contributed by atoms with Gasteiger partial charge >= 0.3 is 0 Å². The van der Waals surface area contributed by atoms with Crippen molar-refractivity contribution in [3.63, 3.8) is 0 Å². The van der Waals surface area contributed by atoms with Gasteiger partial charge in [-0.15, -0.1) is 11.3 Å². The smallest absolute Gasteiger partial charge is 0.244 e. The fourth-order valence-electron chi connectivity index (χ4n) is 2.88. The van der Waals surface area contributed by atoms with Crippen LogP contribution in [0, 0.1) is 5.92 Å². The molecule has 1 aliphatic rings. The molecule has 0 spiro atoms. The second-order valence-corrected chi connectivity index (χ2v) is 8.89. The summed E-state index contributed by atoms with van der Waals surface area (Å²) < 4.78 is 27.3. The summed E-state index contributed by atoms with van der Waals surface area (Å²) in [6.45, 7) is 5.74. The lowest BCUT2D eigenvalue weighted by Gasteiger charge is -2.32. The maximum atomic E-state index is 12.9. The van der Waals surface area contributed by atoms with Gasteiger partial charge in [-0.1, -0.05) is 13.8 Å². The van der Waals surface area contributed by atoms with Crippen LogP contribution in [-0.2, 0) is 16.6 Å². The average Bonchev–Trinajstić information content (AvgIpc) is 2.94. The van der Waals surface area contributed by atoms with Crippen molar-refractivity contribution in [3.8, 4) is 0 Å². The molecule has 1 aromatic rings. The fraction of sp³-hybridized carbons (Fsp3) is 0.733. The molecule has 1 heterocycles. The van der Waals surface area contributed by atoms with Crippen LogP contribution in [0.25, 0.3) is 0 Å².